The van der Waals surface area contributed by atoms with E-state index >= 15 is 0 Å². The first-order valence-corrected chi connectivity index (χ1v) is 11.6. The molecular formula is C27H31N4O4+. The molecule has 0 fully saturated rings. The van der Waals surface area contributed by atoms with Crippen LogP contribution in [0.5, 0.6) is 23.0 Å². The van der Waals surface area contributed by atoms with Gasteiger partial charge < -0.3 is 18.9 Å². The molecule has 1 unspecified atom stereocenters. The van der Waals surface area contributed by atoms with Crippen LogP contribution in [-0.4, -0.2) is 29.2 Å². The van der Waals surface area contributed by atoms with Crippen LogP contribution >= 0.6 is 0 Å². The Labute approximate surface area is 204 Å². The molecule has 8 nitrogen and oxygen atoms in total. The van der Waals surface area contributed by atoms with Gasteiger partial charge in [0.1, 0.15) is 12.0 Å². The van der Waals surface area contributed by atoms with Crippen LogP contribution in [0.3, 0.4) is 0 Å². The maximum atomic E-state index is 6.34. The predicted molar refractivity (Wildman–Crippen MR) is 132 cm³/mol. The van der Waals surface area contributed by atoms with Crippen LogP contribution in [0.2, 0.25) is 0 Å². The lowest BCUT2D eigenvalue weighted by Gasteiger charge is -2.23. The van der Waals surface area contributed by atoms with Gasteiger partial charge in [-0.25, -0.2) is 9.97 Å². The van der Waals surface area contributed by atoms with Crippen molar-refractivity contribution < 1.29 is 23.5 Å². The van der Waals surface area contributed by atoms with Crippen LogP contribution < -0.4 is 23.5 Å². The van der Waals surface area contributed by atoms with Crippen molar-refractivity contribution >= 4 is 21.8 Å². The number of benzene rings is 2. The molecule has 0 saturated heterocycles. The van der Waals surface area contributed by atoms with Gasteiger partial charge in [-0.05, 0) is 17.1 Å². The van der Waals surface area contributed by atoms with E-state index in [0.717, 1.165) is 33.2 Å². The maximum Gasteiger partial charge on any atom is 0.403 e. The standard InChI is InChI=1S/C27H31N4O4/c1-26(2,3)23-15-9-21-22(12-17(15)28-13-29-23)35-25(34-21)31-14-30-18-11-20(33-8)19(32-7)10-16(18)24(31)27(4,5)6/h9-14,25H,1-8H3/q+1. The van der Waals surface area contributed by atoms with Crippen LogP contribution in [0, 0.1) is 0 Å². The van der Waals surface area contributed by atoms with Gasteiger partial charge in [0.15, 0.2) is 28.5 Å². The Bertz CT molecular complexity index is 1450. The minimum absolute atomic E-state index is 0.134. The van der Waals surface area contributed by atoms with Gasteiger partial charge in [0.05, 0.1) is 30.8 Å². The predicted octanol–water partition coefficient (Wildman–Crippen LogP) is 5.01. The molecule has 0 saturated carbocycles. The van der Waals surface area contributed by atoms with Gasteiger partial charge in [0, 0.05) is 28.3 Å². The van der Waals surface area contributed by atoms with Crippen molar-refractivity contribution in [2.24, 2.45) is 0 Å². The number of rotatable bonds is 3. The summed E-state index contributed by atoms with van der Waals surface area (Å²) in [5.74, 6) is 2.57. The molecule has 0 aliphatic carbocycles. The number of nitrogens with zero attached hydrogens (tertiary/aromatic N) is 4. The van der Waals surface area contributed by atoms with E-state index in [9.17, 15) is 0 Å². The second-order valence-corrected chi connectivity index (χ2v) is 10.8. The summed E-state index contributed by atoms with van der Waals surface area (Å²) >= 11 is 0. The van der Waals surface area contributed by atoms with Crippen molar-refractivity contribution in [3.63, 3.8) is 0 Å². The molecule has 4 aromatic rings. The Morgan fingerprint density at radius 2 is 1.37 bits per heavy atom. The molecule has 1 atom stereocenters. The van der Waals surface area contributed by atoms with E-state index in [4.69, 9.17) is 23.9 Å². The average Bonchev–Trinajstić information content (AvgIpc) is 3.21. The maximum absolute atomic E-state index is 6.34. The monoisotopic (exact) mass is 475 g/mol. The zero-order valence-electron chi connectivity index (χ0n) is 21.5. The number of aromatic nitrogens is 4. The molecule has 2 aromatic carbocycles. The second-order valence-electron chi connectivity index (χ2n) is 10.8. The SMILES string of the molecule is COc1cc2nc[n+](C3Oc4cc5ncnc(C(C)(C)C)c5cc4O3)c(C(C)(C)C)c2cc1OC. The van der Waals surface area contributed by atoms with Crippen molar-refractivity contribution in [2.75, 3.05) is 14.2 Å². The van der Waals surface area contributed by atoms with Crippen molar-refractivity contribution in [3.05, 3.63) is 48.3 Å². The number of ether oxygens (including phenoxy) is 4. The number of hydrogen-bond donors (Lipinski definition) is 0. The van der Waals surface area contributed by atoms with E-state index in [2.05, 4.69) is 51.5 Å². The van der Waals surface area contributed by atoms with Crippen molar-refractivity contribution in [3.8, 4) is 23.0 Å². The van der Waals surface area contributed by atoms with Gasteiger partial charge in [-0.1, -0.05) is 41.5 Å². The molecule has 0 spiro atoms. The lowest BCUT2D eigenvalue weighted by atomic mass is 9.88. The molecule has 0 radical (unpaired) electrons. The molecule has 2 aromatic heterocycles. The summed E-state index contributed by atoms with van der Waals surface area (Å²) in [5.41, 5.74) is 3.20. The first kappa shape index (κ1) is 23.1. The van der Waals surface area contributed by atoms with Crippen LogP contribution in [0.4, 0.5) is 0 Å². The molecule has 1 aliphatic heterocycles. The highest BCUT2D eigenvalue weighted by Gasteiger charge is 2.37. The van der Waals surface area contributed by atoms with Gasteiger partial charge in [-0.15, -0.1) is 0 Å². The van der Waals surface area contributed by atoms with E-state index in [0.29, 0.717) is 23.0 Å². The van der Waals surface area contributed by atoms with E-state index in [1.165, 1.54) is 0 Å². The quantitative estimate of drug-likeness (QED) is 0.386. The summed E-state index contributed by atoms with van der Waals surface area (Å²) < 4.78 is 25.6. The van der Waals surface area contributed by atoms with Crippen LogP contribution in [0.25, 0.3) is 21.8 Å². The lowest BCUT2D eigenvalue weighted by Crippen LogP contribution is -2.51. The minimum atomic E-state index is -0.716. The van der Waals surface area contributed by atoms with Gasteiger partial charge >= 0.3 is 6.41 Å². The topological polar surface area (TPSA) is 79.5 Å². The number of hydrogen-bond acceptors (Lipinski definition) is 7. The highest BCUT2D eigenvalue weighted by molar-refractivity contribution is 5.86. The third-order valence-electron chi connectivity index (χ3n) is 6.14. The summed E-state index contributed by atoms with van der Waals surface area (Å²) in [7, 11) is 3.25. The normalized spacial score (nSPS) is 15.6. The molecular weight excluding hydrogens is 444 g/mol. The van der Waals surface area contributed by atoms with Gasteiger partial charge in [0.25, 0.3) is 6.33 Å². The Hall–Kier alpha value is -3.68. The zero-order chi connectivity index (χ0) is 25.1. The Morgan fingerprint density at radius 1 is 0.743 bits per heavy atom. The van der Waals surface area contributed by atoms with Crippen LogP contribution in [0.1, 0.15) is 59.3 Å². The van der Waals surface area contributed by atoms with Crippen LogP contribution in [-0.2, 0) is 10.8 Å². The van der Waals surface area contributed by atoms with Gasteiger partial charge in [0.2, 0.25) is 0 Å². The minimum Gasteiger partial charge on any atom is -0.493 e. The summed E-state index contributed by atoms with van der Waals surface area (Å²) in [6.07, 6.45) is 2.64. The molecule has 0 N–H and O–H groups in total. The largest absolute Gasteiger partial charge is 0.493 e. The Morgan fingerprint density at radius 3 is 2.00 bits per heavy atom. The molecule has 3 heterocycles. The highest BCUT2D eigenvalue weighted by Crippen LogP contribution is 2.42. The van der Waals surface area contributed by atoms with Crippen molar-refractivity contribution in [1.29, 1.82) is 0 Å². The summed E-state index contributed by atoms with van der Waals surface area (Å²) in [6, 6.07) is 7.74. The first-order valence-electron chi connectivity index (χ1n) is 11.6. The van der Waals surface area contributed by atoms with Crippen LogP contribution in [0.15, 0.2) is 36.9 Å². The lowest BCUT2D eigenvalue weighted by molar-refractivity contribution is -0.791. The molecule has 8 heteroatoms. The van der Waals surface area contributed by atoms with E-state index in [1.807, 2.05) is 28.8 Å². The molecule has 182 valence electrons. The fourth-order valence-electron chi connectivity index (χ4n) is 4.64. The van der Waals surface area contributed by atoms with E-state index < -0.39 is 6.41 Å². The first-order chi connectivity index (χ1) is 16.5. The van der Waals surface area contributed by atoms with E-state index in [1.54, 1.807) is 26.9 Å². The van der Waals surface area contributed by atoms with Gasteiger partial charge in [-0.2, -0.15) is 4.57 Å². The fraction of sp³-hybridized carbons (Fsp3) is 0.407. The summed E-state index contributed by atoms with van der Waals surface area (Å²) in [4.78, 5) is 13.7. The fourth-order valence-corrected chi connectivity index (χ4v) is 4.64. The average molecular weight is 476 g/mol. The second kappa shape index (κ2) is 7.93. The smallest absolute Gasteiger partial charge is 0.403 e. The third-order valence-corrected chi connectivity index (χ3v) is 6.14. The van der Waals surface area contributed by atoms with Crippen molar-refractivity contribution in [2.45, 2.75) is 58.8 Å². The summed E-state index contributed by atoms with van der Waals surface area (Å²) in [6.45, 7) is 12.9. The molecule has 0 bridgehead atoms. The Balaban J connectivity index is 1.65. The third kappa shape index (κ3) is 3.87. The molecule has 1 aliphatic rings. The van der Waals surface area contributed by atoms with Crippen molar-refractivity contribution in [1.82, 2.24) is 15.0 Å². The zero-order valence-corrected chi connectivity index (χ0v) is 21.5. The highest BCUT2D eigenvalue weighted by atomic mass is 16.7. The number of fused-ring (bicyclic) bond motifs is 3. The summed E-state index contributed by atoms with van der Waals surface area (Å²) in [5, 5.41) is 1.89. The number of methoxy groups -OCH3 is 2. The molecule has 0 amide bonds. The molecule has 5 rings (SSSR count). The molecule has 35 heavy (non-hydrogen) atoms. The van der Waals surface area contributed by atoms with E-state index in [-0.39, 0.29) is 10.8 Å². The van der Waals surface area contributed by atoms with Gasteiger partial charge in [-0.3, -0.25) is 0 Å². The Kier molecular flexibility index (Phi) is 5.23.